The average molecular weight is 370 g/mol. The van der Waals surface area contributed by atoms with Gasteiger partial charge < -0.3 is 21.5 Å². The molecule has 0 spiro atoms. The van der Waals surface area contributed by atoms with Crippen molar-refractivity contribution in [3.63, 3.8) is 0 Å². The van der Waals surface area contributed by atoms with Gasteiger partial charge in [0.15, 0.2) is 0 Å². The van der Waals surface area contributed by atoms with Crippen molar-refractivity contribution in [3.8, 4) is 0 Å². The van der Waals surface area contributed by atoms with E-state index in [2.05, 4.69) is 10.6 Å². The summed E-state index contributed by atoms with van der Waals surface area (Å²) in [6.07, 6.45) is 0.676. The maximum atomic E-state index is 12.2. The molecule has 7 nitrogen and oxygen atoms in total. The average Bonchev–Trinajstić information content (AvgIpc) is 2.55. The van der Waals surface area contributed by atoms with Gasteiger partial charge in [-0.25, -0.2) is 4.79 Å². The minimum absolute atomic E-state index is 0.0139. The molecule has 0 bridgehead atoms. The Kier molecular flexibility index (Phi) is 7.70. The van der Waals surface area contributed by atoms with Crippen molar-refractivity contribution in [1.29, 1.82) is 0 Å². The lowest BCUT2D eigenvalue weighted by atomic mass is 9.82. The second kappa shape index (κ2) is 9.27. The summed E-state index contributed by atoms with van der Waals surface area (Å²) in [7, 11) is 0. The fourth-order valence-electron chi connectivity index (χ4n) is 2.51. The van der Waals surface area contributed by atoms with Crippen LogP contribution in [0, 0.1) is 5.41 Å². The zero-order chi connectivity index (χ0) is 19.0. The number of hydrogen-bond acceptors (Lipinski definition) is 3. The van der Waals surface area contributed by atoms with Crippen molar-refractivity contribution in [2.45, 2.75) is 39.2 Å². The zero-order valence-electron chi connectivity index (χ0n) is 14.3. The van der Waals surface area contributed by atoms with Crippen molar-refractivity contribution in [1.82, 2.24) is 10.6 Å². The molecule has 1 aromatic rings. The van der Waals surface area contributed by atoms with E-state index in [4.69, 9.17) is 17.3 Å². The Morgan fingerprint density at radius 1 is 1.28 bits per heavy atom. The Balaban J connectivity index is 2.82. The first-order valence-corrected chi connectivity index (χ1v) is 8.43. The van der Waals surface area contributed by atoms with Gasteiger partial charge in [-0.15, -0.1) is 0 Å². The number of halogens is 1. The molecule has 25 heavy (non-hydrogen) atoms. The molecule has 8 heteroatoms. The van der Waals surface area contributed by atoms with Crippen LogP contribution in [0.2, 0.25) is 5.02 Å². The number of carboxylic acids is 1. The summed E-state index contributed by atoms with van der Waals surface area (Å²) in [5, 5.41) is 15.1. The Morgan fingerprint density at radius 3 is 2.40 bits per heavy atom. The highest BCUT2D eigenvalue weighted by atomic mass is 35.5. The Labute approximate surface area is 151 Å². The number of primary amides is 1. The molecule has 5 N–H and O–H groups in total. The highest BCUT2D eigenvalue weighted by Gasteiger charge is 2.35. The fourth-order valence-corrected chi connectivity index (χ4v) is 2.71. The molecule has 0 saturated heterocycles. The molecule has 0 fully saturated rings. The fraction of sp³-hybridized carbons (Fsp3) is 0.471. The predicted octanol–water partition coefficient (Wildman–Crippen LogP) is 2.45. The summed E-state index contributed by atoms with van der Waals surface area (Å²) in [6.45, 7) is 3.51. The van der Waals surface area contributed by atoms with E-state index in [1.807, 2.05) is 0 Å². The summed E-state index contributed by atoms with van der Waals surface area (Å²) >= 11 is 5.95. The molecule has 0 aromatic heterocycles. The molecule has 0 saturated carbocycles. The first-order valence-electron chi connectivity index (χ1n) is 8.05. The van der Waals surface area contributed by atoms with E-state index in [9.17, 15) is 19.5 Å². The van der Waals surface area contributed by atoms with Crippen LogP contribution in [0.5, 0.6) is 0 Å². The van der Waals surface area contributed by atoms with Crippen LogP contribution >= 0.6 is 11.6 Å². The number of nitrogens with one attached hydrogen (secondary N) is 2. The van der Waals surface area contributed by atoms with Gasteiger partial charge in [-0.1, -0.05) is 37.6 Å². The summed E-state index contributed by atoms with van der Waals surface area (Å²) < 4.78 is 0. The van der Waals surface area contributed by atoms with E-state index in [1.165, 1.54) is 0 Å². The number of carboxylic acid groups (broad SMARTS) is 1. The summed E-state index contributed by atoms with van der Waals surface area (Å²) in [6, 6.07) is 5.51. The number of aliphatic carboxylic acids is 1. The van der Waals surface area contributed by atoms with Crippen molar-refractivity contribution < 1.29 is 19.5 Å². The number of rotatable bonds is 9. The lowest BCUT2D eigenvalue weighted by Gasteiger charge is -2.27. The van der Waals surface area contributed by atoms with Crippen LogP contribution < -0.4 is 16.4 Å². The third-order valence-corrected chi connectivity index (χ3v) is 4.59. The van der Waals surface area contributed by atoms with Gasteiger partial charge in [0, 0.05) is 11.6 Å². The molecule has 0 aliphatic heterocycles. The predicted molar refractivity (Wildman–Crippen MR) is 95.2 cm³/mol. The third-order valence-electron chi connectivity index (χ3n) is 4.36. The maximum Gasteiger partial charge on any atom is 0.315 e. The number of benzene rings is 1. The molecular formula is C17H24ClN3O4. The van der Waals surface area contributed by atoms with E-state index in [0.717, 1.165) is 0 Å². The van der Waals surface area contributed by atoms with Crippen LogP contribution in [-0.2, 0) is 9.59 Å². The maximum absolute atomic E-state index is 12.2. The normalized spacial score (nSPS) is 12.3. The van der Waals surface area contributed by atoms with E-state index < -0.39 is 29.4 Å². The topological polar surface area (TPSA) is 122 Å². The van der Waals surface area contributed by atoms with Crippen molar-refractivity contribution >= 4 is 29.5 Å². The van der Waals surface area contributed by atoms with E-state index in [1.54, 1.807) is 38.1 Å². The van der Waals surface area contributed by atoms with Gasteiger partial charge in [-0.05, 0) is 30.5 Å². The summed E-state index contributed by atoms with van der Waals surface area (Å²) in [5.41, 5.74) is 4.86. The number of carbonyl (C=O) groups is 3. The first-order chi connectivity index (χ1) is 11.7. The molecule has 1 atom stereocenters. The third kappa shape index (κ3) is 5.94. The van der Waals surface area contributed by atoms with Gasteiger partial charge in [-0.3, -0.25) is 9.59 Å². The van der Waals surface area contributed by atoms with Crippen LogP contribution in [0.15, 0.2) is 24.3 Å². The van der Waals surface area contributed by atoms with E-state index in [-0.39, 0.29) is 13.0 Å². The smallest absolute Gasteiger partial charge is 0.315 e. The highest BCUT2D eigenvalue weighted by molar-refractivity contribution is 6.30. The van der Waals surface area contributed by atoms with E-state index >= 15 is 0 Å². The number of nitrogens with two attached hydrogens (primary N) is 1. The van der Waals surface area contributed by atoms with Crippen LogP contribution in [0.3, 0.4) is 0 Å². The standard InChI is InChI=1S/C17H24ClN3O4/c1-3-17(4-2,15(23)24)10-20-16(25)21-13(9-14(19)22)11-6-5-7-12(18)8-11/h5-8,13H,3-4,9-10H2,1-2H3,(H2,19,22)(H,23,24)(H2,20,21,25)/t13-/m1/s1. The molecule has 138 valence electrons. The quantitative estimate of drug-likeness (QED) is 0.534. The molecule has 0 unspecified atom stereocenters. The van der Waals surface area contributed by atoms with Gasteiger partial charge in [0.1, 0.15) is 0 Å². The van der Waals surface area contributed by atoms with Crippen LogP contribution in [0.1, 0.15) is 44.7 Å². The first kappa shape index (κ1) is 20.8. The monoisotopic (exact) mass is 369 g/mol. The minimum atomic E-state index is -1.02. The molecular weight excluding hydrogens is 346 g/mol. The van der Waals surface area contributed by atoms with Crippen molar-refractivity contribution in [2.75, 3.05) is 6.54 Å². The van der Waals surface area contributed by atoms with Crippen molar-refractivity contribution in [2.24, 2.45) is 11.1 Å². The van der Waals surface area contributed by atoms with Crippen LogP contribution in [-0.4, -0.2) is 29.6 Å². The highest BCUT2D eigenvalue weighted by Crippen LogP contribution is 2.26. The summed E-state index contributed by atoms with van der Waals surface area (Å²) in [4.78, 5) is 35.0. The Bertz CT molecular complexity index is 632. The lowest BCUT2D eigenvalue weighted by Crippen LogP contribution is -2.47. The van der Waals surface area contributed by atoms with Gasteiger partial charge in [0.2, 0.25) is 5.91 Å². The van der Waals surface area contributed by atoms with Gasteiger partial charge in [0.05, 0.1) is 17.9 Å². The van der Waals surface area contributed by atoms with Gasteiger partial charge in [-0.2, -0.15) is 0 Å². The van der Waals surface area contributed by atoms with E-state index in [0.29, 0.717) is 23.4 Å². The number of carbonyl (C=O) groups excluding carboxylic acids is 2. The molecule has 0 radical (unpaired) electrons. The molecule has 3 amide bonds. The zero-order valence-corrected chi connectivity index (χ0v) is 15.1. The largest absolute Gasteiger partial charge is 0.481 e. The lowest BCUT2D eigenvalue weighted by molar-refractivity contribution is -0.149. The van der Waals surface area contributed by atoms with Gasteiger partial charge >= 0.3 is 12.0 Å². The molecule has 0 heterocycles. The SMILES string of the molecule is CCC(CC)(CNC(=O)N[C@H](CC(N)=O)c1cccc(Cl)c1)C(=O)O. The van der Waals surface area contributed by atoms with Crippen molar-refractivity contribution in [3.05, 3.63) is 34.9 Å². The number of amides is 3. The molecule has 0 aliphatic carbocycles. The number of urea groups is 1. The second-order valence-corrected chi connectivity index (χ2v) is 6.33. The molecule has 1 aromatic carbocycles. The summed E-state index contributed by atoms with van der Waals surface area (Å²) in [5.74, 6) is -1.53. The van der Waals surface area contributed by atoms with Crippen LogP contribution in [0.4, 0.5) is 4.79 Å². The molecule has 1 rings (SSSR count). The Hall–Kier alpha value is -2.28. The van der Waals surface area contributed by atoms with Gasteiger partial charge in [0.25, 0.3) is 0 Å². The Morgan fingerprint density at radius 2 is 1.92 bits per heavy atom. The number of hydrogen-bond donors (Lipinski definition) is 4. The minimum Gasteiger partial charge on any atom is -0.481 e. The van der Waals surface area contributed by atoms with Crippen LogP contribution in [0.25, 0.3) is 0 Å². The second-order valence-electron chi connectivity index (χ2n) is 5.90. The molecule has 0 aliphatic rings.